The van der Waals surface area contributed by atoms with Gasteiger partial charge >= 0.3 is 5.69 Å². The van der Waals surface area contributed by atoms with Crippen LogP contribution < -0.4 is 11.0 Å². The lowest BCUT2D eigenvalue weighted by molar-refractivity contribution is 0.102. The number of halogens is 1. The van der Waals surface area contributed by atoms with Crippen LogP contribution in [0.1, 0.15) is 10.5 Å². The van der Waals surface area contributed by atoms with Crippen LogP contribution >= 0.6 is 0 Å². The van der Waals surface area contributed by atoms with Crippen molar-refractivity contribution in [2.75, 3.05) is 5.32 Å². The zero-order chi connectivity index (χ0) is 17.4. The minimum atomic E-state index is -0.376. The van der Waals surface area contributed by atoms with Crippen molar-refractivity contribution in [3.05, 3.63) is 77.0 Å². The number of benzene rings is 2. The quantitative estimate of drug-likeness (QED) is 0.536. The van der Waals surface area contributed by atoms with Crippen LogP contribution in [-0.2, 0) is 0 Å². The molecular weight excluding hydrogens is 325 g/mol. The van der Waals surface area contributed by atoms with E-state index in [1.165, 1.54) is 24.7 Å². The van der Waals surface area contributed by atoms with Gasteiger partial charge in [0.2, 0.25) is 0 Å². The van der Waals surface area contributed by atoms with Gasteiger partial charge in [0.15, 0.2) is 0 Å². The molecule has 0 aliphatic heterocycles. The molecule has 0 atom stereocenters. The molecule has 124 valence electrons. The van der Waals surface area contributed by atoms with Gasteiger partial charge in [0.25, 0.3) is 5.91 Å². The first-order valence-electron chi connectivity index (χ1n) is 7.42. The Morgan fingerprint density at radius 3 is 2.64 bits per heavy atom. The number of imidazole rings is 2. The number of anilines is 1. The fourth-order valence-corrected chi connectivity index (χ4v) is 2.58. The minimum Gasteiger partial charge on any atom is -0.321 e. The van der Waals surface area contributed by atoms with Gasteiger partial charge in [-0.2, -0.15) is 0 Å². The van der Waals surface area contributed by atoms with E-state index in [0.29, 0.717) is 28.1 Å². The Morgan fingerprint density at radius 2 is 1.84 bits per heavy atom. The van der Waals surface area contributed by atoms with E-state index in [9.17, 15) is 14.0 Å². The molecule has 4 aromatic rings. The summed E-state index contributed by atoms with van der Waals surface area (Å²) in [5.41, 5.74) is 2.38. The second kappa shape index (κ2) is 5.75. The van der Waals surface area contributed by atoms with E-state index in [0.717, 1.165) is 0 Å². The lowest BCUT2D eigenvalue weighted by Crippen LogP contribution is -2.16. The van der Waals surface area contributed by atoms with Crippen molar-refractivity contribution < 1.29 is 9.18 Å². The molecule has 0 fully saturated rings. The highest BCUT2D eigenvalue weighted by molar-refractivity contribution is 6.04. The average molecular weight is 337 g/mol. The number of nitrogens with one attached hydrogen (secondary N) is 3. The average Bonchev–Trinajstić information content (AvgIpc) is 3.21. The van der Waals surface area contributed by atoms with Gasteiger partial charge in [-0.15, -0.1) is 0 Å². The van der Waals surface area contributed by atoms with E-state index >= 15 is 0 Å². The topological polar surface area (TPSA) is 95.6 Å². The molecule has 3 N–H and O–H groups in total. The Balaban J connectivity index is 1.63. The van der Waals surface area contributed by atoms with Crippen molar-refractivity contribution in [2.45, 2.75) is 0 Å². The summed E-state index contributed by atoms with van der Waals surface area (Å²) in [6, 6.07) is 10.8. The van der Waals surface area contributed by atoms with E-state index in [-0.39, 0.29) is 17.4 Å². The second-order valence-electron chi connectivity index (χ2n) is 5.42. The molecule has 2 heterocycles. The molecular formula is C17H12FN5O2. The molecule has 4 rings (SSSR count). The Kier molecular flexibility index (Phi) is 3.42. The molecule has 0 spiro atoms. The number of hydrogen-bond donors (Lipinski definition) is 3. The molecule has 0 saturated carbocycles. The van der Waals surface area contributed by atoms with Crippen LogP contribution in [-0.4, -0.2) is 25.4 Å². The fourth-order valence-electron chi connectivity index (χ4n) is 2.58. The van der Waals surface area contributed by atoms with Gasteiger partial charge in [-0.1, -0.05) is 0 Å². The van der Waals surface area contributed by atoms with Gasteiger partial charge in [0.05, 0.1) is 23.6 Å². The molecule has 25 heavy (non-hydrogen) atoms. The van der Waals surface area contributed by atoms with Crippen molar-refractivity contribution in [1.29, 1.82) is 0 Å². The van der Waals surface area contributed by atoms with Crippen LogP contribution in [0, 0.1) is 5.82 Å². The Hall–Kier alpha value is -3.68. The first-order valence-corrected chi connectivity index (χ1v) is 7.42. The Morgan fingerprint density at radius 1 is 1.08 bits per heavy atom. The summed E-state index contributed by atoms with van der Waals surface area (Å²) in [4.78, 5) is 33.1. The number of aromatic nitrogens is 4. The molecule has 0 bridgehead atoms. The summed E-state index contributed by atoms with van der Waals surface area (Å²) in [6.07, 6.45) is 2.91. The molecule has 8 heteroatoms. The number of hydrogen-bond acceptors (Lipinski definition) is 3. The first kappa shape index (κ1) is 14.9. The van der Waals surface area contributed by atoms with Gasteiger partial charge < -0.3 is 15.3 Å². The fraction of sp³-hybridized carbons (Fsp3) is 0. The number of amides is 1. The molecule has 1 amide bonds. The Bertz CT molecular complexity index is 1120. The highest BCUT2D eigenvalue weighted by Gasteiger charge is 2.14. The molecule has 2 aromatic heterocycles. The van der Waals surface area contributed by atoms with Crippen LogP contribution in [0.5, 0.6) is 0 Å². The van der Waals surface area contributed by atoms with Gasteiger partial charge in [-0.25, -0.2) is 14.2 Å². The zero-order valence-corrected chi connectivity index (χ0v) is 12.8. The summed E-state index contributed by atoms with van der Waals surface area (Å²) in [5.74, 6) is -0.734. The molecule has 0 radical (unpaired) electrons. The number of fused-ring (bicyclic) bond motifs is 1. The molecule has 0 unspecified atom stereocenters. The number of carbonyl (C=O) groups is 1. The highest BCUT2D eigenvalue weighted by atomic mass is 19.1. The largest absolute Gasteiger partial charge is 0.323 e. The van der Waals surface area contributed by atoms with Crippen LogP contribution in [0.4, 0.5) is 10.1 Å². The van der Waals surface area contributed by atoms with Gasteiger partial charge in [-0.3, -0.25) is 9.36 Å². The molecule has 0 saturated heterocycles. The highest BCUT2D eigenvalue weighted by Crippen LogP contribution is 2.17. The summed E-state index contributed by atoms with van der Waals surface area (Å²) >= 11 is 0. The van der Waals surface area contributed by atoms with Crippen LogP contribution in [0.3, 0.4) is 0 Å². The smallest absolute Gasteiger partial charge is 0.321 e. The van der Waals surface area contributed by atoms with Crippen LogP contribution in [0.25, 0.3) is 16.7 Å². The predicted octanol–water partition coefficient (Wildman–Crippen LogP) is 2.43. The maximum absolute atomic E-state index is 13.1. The van der Waals surface area contributed by atoms with E-state index in [4.69, 9.17) is 0 Å². The normalized spacial score (nSPS) is 10.9. The van der Waals surface area contributed by atoms with Gasteiger partial charge in [0, 0.05) is 11.4 Å². The van der Waals surface area contributed by atoms with E-state index < -0.39 is 0 Å². The van der Waals surface area contributed by atoms with Crippen molar-refractivity contribution in [3.8, 4) is 5.69 Å². The summed E-state index contributed by atoms with van der Waals surface area (Å²) in [5, 5.41) is 2.76. The first-order chi connectivity index (χ1) is 12.1. The van der Waals surface area contributed by atoms with Gasteiger partial charge in [-0.05, 0) is 42.5 Å². The van der Waals surface area contributed by atoms with Gasteiger partial charge in [0.1, 0.15) is 11.5 Å². The number of H-pyrrole nitrogens is 2. The van der Waals surface area contributed by atoms with Crippen LogP contribution in [0.2, 0.25) is 0 Å². The number of nitrogens with zero attached hydrogens (tertiary/aromatic N) is 2. The van der Waals surface area contributed by atoms with Crippen LogP contribution in [0.15, 0.2) is 59.8 Å². The maximum atomic E-state index is 13.1. The van der Waals surface area contributed by atoms with Crippen molar-refractivity contribution in [1.82, 2.24) is 19.5 Å². The summed E-state index contributed by atoms with van der Waals surface area (Å²) < 4.78 is 14.6. The number of aromatic amines is 2. The number of carbonyl (C=O) groups excluding carboxylic acids is 1. The van der Waals surface area contributed by atoms with E-state index in [1.807, 2.05) is 0 Å². The lowest BCUT2D eigenvalue weighted by atomic mass is 10.2. The monoisotopic (exact) mass is 337 g/mol. The number of rotatable bonds is 3. The lowest BCUT2D eigenvalue weighted by Gasteiger charge is -2.09. The molecule has 0 aliphatic carbocycles. The molecule has 2 aromatic carbocycles. The third-order valence-electron chi connectivity index (χ3n) is 3.75. The third-order valence-corrected chi connectivity index (χ3v) is 3.75. The SMILES string of the molecule is O=C(Nc1ccc2[nH]c(=O)[nH]c2c1)c1cncn1-c1ccc(F)cc1. The predicted molar refractivity (Wildman–Crippen MR) is 90.4 cm³/mol. The molecule has 0 aliphatic rings. The third kappa shape index (κ3) is 2.80. The summed E-state index contributed by atoms with van der Waals surface area (Å²) in [6.45, 7) is 0. The van der Waals surface area contributed by atoms with E-state index in [2.05, 4.69) is 20.3 Å². The van der Waals surface area contributed by atoms with Crippen molar-refractivity contribution >= 4 is 22.6 Å². The van der Waals surface area contributed by atoms with Crippen molar-refractivity contribution in [3.63, 3.8) is 0 Å². The zero-order valence-electron chi connectivity index (χ0n) is 12.8. The molecule has 7 nitrogen and oxygen atoms in total. The summed E-state index contributed by atoms with van der Waals surface area (Å²) in [7, 11) is 0. The van der Waals surface area contributed by atoms with E-state index in [1.54, 1.807) is 34.9 Å². The maximum Gasteiger partial charge on any atom is 0.323 e. The Labute approximate surface area is 140 Å². The van der Waals surface area contributed by atoms with Crippen molar-refractivity contribution in [2.24, 2.45) is 0 Å². The second-order valence-corrected chi connectivity index (χ2v) is 5.42. The minimum absolute atomic E-state index is 0.300. The standard InChI is InChI=1S/C17H12FN5O2/c18-10-1-4-12(5-2-10)23-9-19-8-15(23)16(24)20-11-3-6-13-14(7-11)22-17(25)21-13/h1-9H,(H,20,24)(H2,21,22,25).